The number of carbonyl (C=O) groups excluding carboxylic acids is 1. The van der Waals surface area contributed by atoms with Gasteiger partial charge < -0.3 is 5.32 Å². The fourth-order valence-electron chi connectivity index (χ4n) is 1.06. The summed E-state index contributed by atoms with van der Waals surface area (Å²) in [5.74, 6) is -0.0481. The Labute approximate surface area is 109 Å². The molecule has 0 radical (unpaired) electrons. The number of halogens is 2. The van der Waals surface area contributed by atoms with E-state index in [2.05, 4.69) is 21.2 Å². The van der Waals surface area contributed by atoms with Crippen molar-refractivity contribution in [3.63, 3.8) is 0 Å². The van der Waals surface area contributed by atoms with Gasteiger partial charge in [-0.2, -0.15) is 0 Å². The van der Waals surface area contributed by atoms with E-state index in [1.54, 1.807) is 18.2 Å². The van der Waals surface area contributed by atoms with Crippen LogP contribution < -0.4 is 5.32 Å². The fourth-order valence-corrected chi connectivity index (χ4v) is 1.84. The smallest absolute Gasteiger partial charge is 0.241 e. The van der Waals surface area contributed by atoms with E-state index in [1.807, 2.05) is 25.9 Å². The normalized spacial score (nSPS) is 12.6. The molecule has 88 valence electrons. The summed E-state index contributed by atoms with van der Waals surface area (Å²) < 4.78 is 0.777. The van der Waals surface area contributed by atoms with Gasteiger partial charge in [-0.3, -0.25) is 9.69 Å². The number of nitrogens with one attached hydrogen (secondary N) is 1. The maximum absolute atomic E-state index is 11.8. The first-order valence-electron chi connectivity index (χ1n) is 4.84. The summed E-state index contributed by atoms with van der Waals surface area (Å²) in [7, 11) is 3.72. The minimum atomic E-state index is -0.178. The van der Waals surface area contributed by atoms with Crippen molar-refractivity contribution in [2.75, 3.05) is 19.4 Å². The highest BCUT2D eigenvalue weighted by molar-refractivity contribution is 9.10. The zero-order chi connectivity index (χ0) is 12.3. The summed E-state index contributed by atoms with van der Waals surface area (Å²) >= 11 is 9.16. The number of benzene rings is 1. The Morgan fingerprint density at radius 2 is 2.12 bits per heavy atom. The Morgan fingerprint density at radius 1 is 1.50 bits per heavy atom. The largest absolute Gasteiger partial charge is 0.324 e. The molecular formula is C11H14BrClN2O. The molecule has 0 aliphatic rings. The predicted molar refractivity (Wildman–Crippen MR) is 70.9 cm³/mol. The average Bonchev–Trinajstić information content (AvgIpc) is 2.20. The molecule has 0 heterocycles. The van der Waals surface area contributed by atoms with E-state index in [0.29, 0.717) is 5.02 Å². The molecule has 0 aliphatic heterocycles. The monoisotopic (exact) mass is 304 g/mol. The second-order valence-electron chi connectivity index (χ2n) is 3.75. The molecule has 0 fully saturated rings. The van der Waals surface area contributed by atoms with Crippen LogP contribution in [0, 0.1) is 0 Å². The van der Waals surface area contributed by atoms with Gasteiger partial charge in [0.2, 0.25) is 5.91 Å². The summed E-state index contributed by atoms with van der Waals surface area (Å²) in [5.41, 5.74) is 0.725. The van der Waals surface area contributed by atoms with Gasteiger partial charge in [0.15, 0.2) is 0 Å². The second-order valence-corrected chi connectivity index (χ2v) is 5.04. The van der Waals surface area contributed by atoms with Crippen LogP contribution in [0.1, 0.15) is 6.92 Å². The average molecular weight is 306 g/mol. The van der Waals surface area contributed by atoms with Crippen molar-refractivity contribution in [3.8, 4) is 0 Å². The van der Waals surface area contributed by atoms with Crippen molar-refractivity contribution < 1.29 is 4.79 Å². The standard InChI is InChI=1S/C11H14BrClN2O/c1-7(15(2)3)11(16)14-10-5-4-8(13)6-9(10)12/h4-7H,1-3H3,(H,14,16). The summed E-state index contributed by atoms with van der Waals surface area (Å²) in [4.78, 5) is 13.6. The maximum atomic E-state index is 11.8. The van der Waals surface area contributed by atoms with Crippen LogP contribution in [0.2, 0.25) is 5.02 Å². The summed E-state index contributed by atoms with van der Waals surface area (Å²) in [6.45, 7) is 1.85. The Hall–Kier alpha value is -0.580. The number of hydrogen-bond acceptors (Lipinski definition) is 2. The number of anilines is 1. The molecule has 0 bridgehead atoms. The molecule has 1 unspecified atom stereocenters. The van der Waals surface area contributed by atoms with Crippen molar-refractivity contribution in [3.05, 3.63) is 27.7 Å². The first kappa shape index (κ1) is 13.5. The second kappa shape index (κ2) is 5.66. The molecule has 1 rings (SSSR count). The molecule has 1 aromatic carbocycles. The highest BCUT2D eigenvalue weighted by Crippen LogP contribution is 2.26. The SMILES string of the molecule is CC(C(=O)Nc1ccc(Cl)cc1Br)N(C)C. The third-order valence-corrected chi connectivity index (χ3v) is 3.23. The van der Waals surface area contributed by atoms with Gasteiger partial charge in [0, 0.05) is 9.50 Å². The highest BCUT2D eigenvalue weighted by atomic mass is 79.9. The third-order valence-electron chi connectivity index (χ3n) is 2.34. The van der Waals surface area contributed by atoms with Crippen molar-refractivity contribution in [1.29, 1.82) is 0 Å². The lowest BCUT2D eigenvalue weighted by Gasteiger charge is -2.19. The minimum absolute atomic E-state index is 0.0481. The zero-order valence-electron chi connectivity index (χ0n) is 9.42. The quantitative estimate of drug-likeness (QED) is 0.931. The van der Waals surface area contributed by atoms with Gasteiger partial charge in [0.1, 0.15) is 0 Å². The van der Waals surface area contributed by atoms with Gasteiger partial charge >= 0.3 is 0 Å². The van der Waals surface area contributed by atoms with Crippen LogP contribution in [-0.2, 0) is 4.79 Å². The van der Waals surface area contributed by atoms with Gasteiger partial charge in [-0.15, -0.1) is 0 Å². The topological polar surface area (TPSA) is 32.3 Å². The highest BCUT2D eigenvalue weighted by Gasteiger charge is 2.15. The first-order valence-corrected chi connectivity index (χ1v) is 6.01. The van der Waals surface area contributed by atoms with Gasteiger partial charge in [0.05, 0.1) is 11.7 Å². The third kappa shape index (κ3) is 3.47. The van der Waals surface area contributed by atoms with Crippen molar-refractivity contribution >= 4 is 39.1 Å². The molecule has 0 saturated heterocycles. The number of nitrogens with zero attached hydrogens (tertiary/aromatic N) is 1. The molecule has 1 amide bonds. The molecule has 16 heavy (non-hydrogen) atoms. The first-order chi connectivity index (χ1) is 7.41. The summed E-state index contributed by atoms with van der Waals surface area (Å²) in [5, 5.41) is 3.46. The van der Waals surface area contributed by atoms with Crippen LogP contribution in [-0.4, -0.2) is 30.9 Å². The Kier molecular flexibility index (Phi) is 4.77. The van der Waals surface area contributed by atoms with E-state index in [9.17, 15) is 4.79 Å². The van der Waals surface area contributed by atoms with E-state index >= 15 is 0 Å². The van der Waals surface area contributed by atoms with E-state index in [4.69, 9.17) is 11.6 Å². The van der Waals surface area contributed by atoms with Crippen LogP contribution in [0.15, 0.2) is 22.7 Å². The van der Waals surface area contributed by atoms with Crippen molar-refractivity contribution in [2.24, 2.45) is 0 Å². The van der Waals surface area contributed by atoms with Gasteiger partial charge in [-0.05, 0) is 55.1 Å². The Balaban J connectivity index is 2.77. The molecular weight excluding hydrogens is 291 g/mol. The van der Waals surface area contributed by atoms with Gasteiger partial charge in [-0.25, -0.2) is 0 Å². The lowest BCUT2D eigenvalue weighted by Crippen LogP contribution is -2.37. The van der Waals surface area contributed by atoms with E-state index < -0.39 is 0 Å². The molecule has 1 aromatic rings. The number of hydrogen-bond donors (Lipinski definition) is 1. The molecule has 0 aliphatic carbocycles. The molecule has 0 spiro atoms. The van der Waals surface area contributed by atoms with E-state index in [-0.39, 0.29) is 11.9 Å². The van der Waals surface area contributed by atoms with E-state index in [0.717, 1.165) is 10.2 Å². The lowest BCUT2D eigenvalue weighted by atomic mass is 10.2. The summed E-state index contributed by atoms with van der Waals surface area (Å²) in [6, 6.07) is 5.08. The predicted octanol–water partition coefficient (Wildman–Crippen LogP) is 2.99. The fraction of sp³-hybridized carbons (Fsp3) is 0.364. The maximum Gasteiger partial charge on any atom is 0.241 e. The Bertz CT molecular complexity index is 396. The summed E-state index contributed by atoms with van der Waals surface area (Å²) in [6.07, 6.45) is 0. The minimum Gasteiger partial charge on any atom is -0.324 e. The zero-order valence-corrected chi connectivity index (χ0v) is 11.8. The lowest BCUT2D eigenvalue weighted by molar-refractivity contribution is -0.119. The molecule has 1 atom stereocenters. The van der Waals surface area contributed by atoms with Crippen LogP contribution in [0.25, 0.3) is 0 Å². The van der Waals surface area contributed by atoms with Crippen LogP contribution in [0.3, 0.4) is 0 Å². The van der Waals surface area contributed by atoms with Crippen molar-refractivity contribution in [1.82, 2.24) is 4.90 Å². The van der Waals surface area contributed by atoms with Crippen molar-refractivity contribution in [2.45, 2.75) is 13.0 Å². The van der Waals surface area contributed by atoms with E-state index in [1.165, 1.54) is 0 Å². The van der Waals surface area contributed by atoms with Crippen LogP contribution in [0.4, 0.5) is 5.69 Å². The number of carbonyl (C=O) groups is 1. The molecule has 0 saturated carbocycles. The van der Waals surface area contributed by atoms with Gasteiger partial charge in [-0.1, -0.05) is 11.6 Å². The van der Waals surface area contributed by atoms with Crippen LogP contribution >= 0.6 is 27.5 Å². The van der Waals surface area contributed by atoms with Gasteiger partial charge in [0.25, 0.3) is 0 Å². The number of amides is 1. The molecule has 5 heteroatoms. The Morgan fingerprint density at radius 3 is 2.62 bits per heavy atom. The molecule has 0 aromatic heterocycles. The van der Waals surface area contributed by atoms with Crippen LogP contribution in [0.5, 0.6) is 0 Å². The molecule has 3 nitrogen and oxygen atoms in total. The number of rotatable bonds is 3. The molecule has 1 N–H and O–H groups in total. The number of likely N-dealkylation sites (N-methyl/N-ethyl adjacent to an activating group) is 1.